The van der Waals surface area contributed by atoms with Gasteiger partial charge < -0.3 is 20.5 Å². The molecule has 1 heterocycles. The van der Waals surface area contributed by atoms with E-state index >= 15 is 0 Å². The van der Waals surface area contributed by atoms with Crippen LogP contribution in [0.15, 0.2) is 54.6 Å². The lowest BCUT2D eigenvalue weighted by Crippen LogP contribution is -2.09. The molecule has 0 atom stereocenters. The fraction of sp³-hybridized carbons (Fsp3) is 0.0625. The molecule has 0 bridgehead atoms. The highest BCUT2D eigenvalue weighted by atomic mass is 16.4. The maximum Gasteiger partial charge on any atom is 0.414 e. The first-order valence-corrected chi connectivity index (χ1v) is 6.75. The van der Waals surface area contributed by atoms with Gasteiger partial charge in [0, 0.05) is 6.54 Å². The predicted molar refractivity (Wildman–Crippen MR) is 85.1 cm³/mol. The zero-order chi connectivity index (χ0) is 16.7. The van der Waals surface area contributed by atoms with E-state index in [0.717, 1.165) is 23.5 Å². The lowest BCUT2D eigenvalue weighted by molar-refractivity contribution is -0.159. The second kappa shape index (κ2) is 7.60. The largest absolute Gasteiger partial charge is 0.473 e. The number of para-hydroxylation sites is 2. The number of benzene rings is 2. The number of aliphatic carboxylic acids is 2. The number of rotatable bonds is 3. The molecule has 0 spiro atoms. The molecular formula is C16H15N3O4. The van der Waals surface area contributed by atoms with Crippen molar-refractivity contribution in [2.75, 3.05) is 5.32 Å². The number of carboxylic acids is 2. The summed E-state index contributed by atoms with van der Waals surface area (Å²) < 4.78 is 0. The number of hydrogen-bond donors (Lipinski definition) is 4. The Labute approximate surface area is 131 Å². The maximum atomic E-state index is 9.10. The van der Waals surface area contributed by atoms with E-state index in [-0.39, 0.29) is 0 Å². The van der Waals surface area contributed by atoms with Crippen molar-refractivity contribution >= 4 is 28.9 Å². The number of imidazole rings is 1. The van der Waals surface area contributed by atoms with Crippen LogP contribution in [-0.2, 0) is 16.1 Å². The molecule has 118 valence electrons. The van der Waals surface area contributed by atoms with Gasteiger partial charge in [0.25, 0.3) is 0 Å². The van der Waals surface area contributed by atoms with Gasteiger partial charge in [-0.25, -0.2) is 14.6 Å². The van der Waals surface area contributed by atoms with Crippen molar-refractivity contribution in [3.8, 4) is 0 Å². The summed E-state index contributed by atoms with van der Waals surface area (Å²) in [6, 6.07) is 18.3. The normalized spacial score (nSPS) is 9.74. The molecule has 0 radical (unpaired) electrons. The van der Waals surface area contributed by atoms with Crippen molar-refractivity contribution in [2.24, 2.45) is 0 Å². The summed E-state index contributed by atoms with van der Waals surface area (Å²) in [5, 5.41) is 18.1. The maximum absolute atomic E-state index is 9.10. The van der Waals surface area contributed by atoms with Gasteiger partial charge in [-0.2, -0.15) is 0 Å². The number of fused-ring (bicyclic) bond motifs is 1. The second-order valence-corrected chi connectivity index (χ2v) is 4.55. The van der Waals surface area contributed by atoms with Crippen molar-refractivity contribution in [1.29, 1.82) is 0 Å². The molecule has 1 aromatic heterocycles. The average Bonchev–Trinajstić information content (AvgIpc) is 2.97. The molecule has 3 rings (SSSR count). The van der Waals surface area contributed by atoms with Gasteiger partial charge in [0.2, 0.25) is 5.95 Å². The van der Waals surface area contributed by atoms with E-state index in [1.807, 2.05) is 42.5 Å². The summed E-state index contributed by atoms with van der Waals surface area (Å²) in [6.45, 7) is 0.778. The van der Waals surface area contributed by atoms with E-state index in [1.165, 1.54) is 5.56 Å². The van der Waals surface area contributed by atoms with Crippen LogP contribution >= 0.6 is 0 Å². The molecule has 0 saturated heterocycles. The fourth-order valence-electron chi connectivity index (χ4n) is 1.82. The van der Waals surface area contributed by atoms with Crippen LogP contribution in [0.1, 0.15) is 5.56 Å². The van der Waals surface area contributed by atoms with Gasteiger partial charge in [-0.05, 0) is 17.7 Å². The first-order chi connectivity index (χ1) is 11.1. The van der Waals surface area contributed by atoms with E-state index < -0.39 is 11.9 Å². The minimum atomic E-state index is -1.82. The Morgan fingerprint density at radius 2 is 1.57 bits per heavy atom. The Hall–Kier alpha value is -3.35. The van der Waals surface area contributed by atoms with E-state index in [9.17, 15) is 0 Å². The molecule has 23 heavy (non-hydrogen) atoms. The molecule has 0 unspecified atom stereocenters. The Morgan fingerprint density at radius 1 is 0.957 bits per heavy atom. The summed E-state index contributed by atoms with van der Waals surface area (Å²) in [7, 11) is 0. The monoisotopic (exact) mass is 313 g/mol. The number of aromatic amines is 1. The lowest BCUT2D eigenvalue weighted by Gasteiger charge is -2.01. The van der Waals surface area contributed by atoms with Crippen LogP contribution in [0.2, 0.25) is 0 Å². The Kier molecular flexibility index (Phi) is 5.30. The number of H-pyrrole nitrogens is 1. The molecule has 7 nitrogen and oxygen atoms in total. The van der Waals surface area contributed by atoms with Crippen molar-refractivity contribution in [1.82, 2.24) is 9.97 Å². The van der Waals surface area contributed by atoms with Crippen molar-refractivity contribution < 1.29 is 19.8 Å². The van der Waals surface area contributed by atoms with Crippen molar-refractivity contribution in [2.45, 2.75) is 6.54 Å². The lowest BCUT2D eigenvalue weighted by atomic mass is 10.2. The smallest absolute Gasteiger partial charge is 0.414 e. The standard InChI is InChI=1S/C14H13N3.C2H2O4/c1-2-6-11(7-3-1)10-15-14-16-12-8-4-5-9-13(12)17-14;3-1(4)2(5)6/h1-9H,10H2,(H2,15,16,17);(H,3,4)(H,5,6). The van der Waals surface area contributed by atoms with Crippen LogP contribution in [0.4, 0.5) is 5.95 Å². The third kappa shape index (κ3) is 4.85. The number of hydrogen-bond acceptors (Lipinski definition) is 4. The van der Waals surface area contributed by atoms with Crippen molar-refractivity contribution in [3.05, 3.63) is 60.2 Å². The van der Waals surface area contributed by atoms with E-state index in [0.29, 0.717) is 0 Å². The number of anilines is 1. The Bertz CT molecular complexity index is 754. The molecule has 7 heteroatoms. The van der Waals surface area contributed by atoms with Crippen LogP contribution in [0.25, 0.3) is 11.0 Å². The van der Waals surface area contributed by atoms with Crippen LogP contribution < -0.4 is 5.32 Å². The van der Waals surface area contributed by atoms with Gasteiger partial charge in [0.05, 0.1) is 11.0 Å². The minimum absolute atomic E-state index is 0.778. The highest BCUT2D eigenvalue weighted by molar-refractivity contribution is 6.27. The molecule has 0 amide bonds. The van der Waals surface area contributed by atoms with Gasteiger partial charge in [0.1, 0.15) is 0 Å². The van der Waals surface area contributed by atoms with Gasteiger partial charge in [-0.3, -0.25) is 0 Å². The summed E-state index contributed by atoms with van der Waals surface area (Å²) in [4.78, 5) is 25.9. The number of nitrogens with zero attached hydrogens (tertiary/aromatic N) is 1. The number of carboxylic acid groups (broad SMARTS) is 2. The topological polar surface area (TPSA) is 115 Å². The zero-order valence-corrected chi connectivity index (χ0v) is 12.1. The van der Waals surface area contributed by atoms with Gasteiger partial charge >= 0.3 is 11.9 Å². The van der Waals surface area contributed by atoms with E-state index in [1.54, 1.807) is 0 Å². The number of nitrogens with one attached hydrogen (secondary N) is 2. The van der Waals surface area contributed by atoms with Crippen LogP contribution in [0.5, 0.6) is 0 Å². The third-order valence-corrected chi connectivity index (χ3v) is 2.88. The average molecular weight is 313 g/mol. The fourth-order valence-corrected chi connectivity index (χ4v) is 1.82. The zero-order valence-electron chi connectivity index (χ0n) is 12.1. The summed E-state index contributed by atoms with van der Waals surface area (Å²) in [5.74, 6) is -2.83. The van der Waals surface area contributed by atoms with Crippen molar-refractivity contribution in [3.63, 3.8) is 0 Å². The summed E-state index contributed by atoms with van der Waals surface area (Å²) >= 11 is 0. The predicted octanol–water partition coefficient (Wildman–Crippen LogP) is 2.33. The summed E-state index contributed by atoms with van der Waals surface area (Å²) in [6.07, 6.45) is 0. The molecule has 0 saturated carbocycles. The molecule has 3 aromatic rings. The summed E-state index contributed by atoms with van der Waals surface area (Å²) in [5.41, 5.74) is 3.29. The molecule has 0 fully saturated rings. The molecule has 4 N–H and O–H groups in total. The van der Waals surface area contributed by atoms with E-state index in [2.05, 4.69) is 27.4 Å². The SMILES string of the molecule is O=C(O)C(=O)O.c1ccc(CNc2nc3ccccc3[nH]2)cc1. The number of aromatic nitrogens is 2. The van der Waals surface area contributed by atoms with Gasteiger partial charge in [-0.1, -0.05) is 42.5 Å². The third-order valence-electron chi connectivity index (χ3n) is 2.88. The second-order valence-electron chi connectivity index (χ2n) is 4.55. The number of carbonyl (C=O) groups is 2. The molecule has 0 aliphatic rings. The molecule has 0 aliphatic heterocycles. The van der Waals surface area contributed by atoms with Crippen LogP contribution in [0.3, 0.4) is 0 Å². The minimum Gasteiger partial charge on any atom is -0.473 e. The van der Waals surface area contributed by atoms with Crippen LogP contribution in [-0.4, -0.2) is 32.1 Å². The van der Waals surface area contributed by atoms with Gasteiger partial charge in [-0.15, -0.1) is 0 Å². The van der Waals surface area contributed by atoms with Gasteiger partial charge in [0.15, 0.2) is 0 Å². The Balaban J connectivity index is 0.000000277. The Morgan fingerprint density at radius 3 is 2.17 bits per heavy atom. The van der Waals surface area contributed by atoms with Crippen LogP contribution in [0, 0.1) is 0 Å². The molecule has 0 aliphatic carbocycles. The quantitative estimate of drug-likeness (QED) is 0.552. The first-order valence-electron chi connectivity index (χ1n) is 6.75. The molecular weight excluding hydrogens is 298 g/mol. The first kappa shape index (κ1) is 16.0. The van der Waals surface area contributed by atoms with E-state index in [4.69, 9.17) is 19.8 Å². The molecule has 2 aromatic carbocycles. The highest BCUT2D eigenvalue weighted by Gasteiger charge is 2.04. The highest BCUT2D eigenvalue weighted by Crippen LogP contribution is 2.13.